The van der Waals surface area contributed by atoms with Gasteiger partial charge in [-0.15, -0.1) is 0 Å². The van der Waals surface area contributed by atoms with E-state index in [1.165, 1.54) is 12.8 Å². The summed E-state index contributed by atoms with van der Waals surface area (Å²) in [6.45, 7) is 4.92. The molecular weight excluding hydrogens is 176 g/mol. The lowest BCUT2D eigenvalue weighted by Crippen LogP contribution is -2.42. The average Bonchev–Trinajstić information content (AvgIpc) is 2.17. The quantitative estimate of drug-likeness (QED) is 0.751. The second kappa shape index (κ2) is 5.35. The van der Waals surface area contributed by atoms with E-state index in [-0.39, 0.29) is 7.33 Å². The molecule has 1 saturated carbocycles. The number of hydrogen-bond donors (Lipinski definition) is 1. The van der Waals surface area contributed by atoms with Crippen molar-refractivity contribution in [2.45, 2.75) is 51.6 Å². The van der Waals surface area contributed by atoms with Crippen LogP contribution in [-0.2, 0) is 4.79 Å². The SMILES string of the molecule is CCN(C)C1CCC(NC(C)=O)CC1.[HH]. The van der Waals surface area contributed by atoms with Crippen LogP contribution in [-0.4, -0.2) is 36.5 Å². The minimum Gasteiger partial charge on any atom is -0.354 e. The highest BCUT2D eigenvalue weighted by molar-refractivity contribution is 5.73. The van der Waals surface area contributed by atoms with Crippen LogP contribution in [0.5, 0.6) is 0 Å². The van der Waals surface area contributed by atoms with Gasteiger partial charge >= 0.3 is 0 Å². The molecule has 0 saturated heterocycles. The smallest absolute Gasteiger partial charge is 0.217 e. The van der Waals surface area contributed by atoms with E-state index >= 15 is 0 Å². The van der Waals surface area contributed by atoms with Gasteiger partial charge in [0.15, 0.2) is 0 Å². The van der Waals surface area contributed by atoms with Crippen LogP contribution in [0.1, 0.15) is 41.0 Å². The summed E-state index contributed by atoms with van der Waals surface area (Å²) in [6.07, 6.45) is 4.70. The summed E-state index contributed by atoms with van der Waals surface area (Å²) in [4.78, 5) is 13.3. The molecule has 1 amide bonds. The van der Waals surface area contributed by atoms with Gasteiger partial charge in [-0.3, -0.25) is 4.79 Å². The van der Waals surface area contributed by atoms with Gasteiger partial charge in [-0.05, 0) is 39.3 Å². The molecule has 3 heteroatoms. The van der Waals surface area contributed by atoms with Crippen LogP contribution in [0.2, 0.25) is 0 Å². The number of hydrogen-bond acceptors (Lipinski definition) is 2. The molecule has 1 fully saturated rings. The van der Waals surface area contributed by atoms with Gasteiger partial charge in [-0.1, -0.05) is 6.92 Å². The molecule has 1 aliphatic carbocycles. The molecule has 0 spiro atoms. The van der Waals surface area contributed by atoms with Crippen LogP contribution in [0, 0.1) is 0 Å². The van der Waals surface area contributed by atoms with E-state index in [1.54, 1.807) is 6.92 Å². The molecule has 3 nitrogen and oxygen atoms in total. The Morgan fingerprint density at radius 3 is 2.43 bits per heavy atom. The van der Waals surface area contributed by atoms with Gasteiger partial charge in [-0.2, -0.15) is 0 Å². The monoisotopic (exact) mass is 200 g/mol. The van der Waals surface area contributed by atoms with E-state index in [2.05, 4.69) is 24.2 Å². The molecule has 0 atom stereocenters. The van der Waals surface area contributed by atoms with Gasteiger partial charge in [-0.25, -0.2) is 0 Å². The predicted octanol–water partition coefficient (Wildman–Crippen LogP) is 1.63. The Labute approximate surface area is 88.3 Å². The highest BCUT2D eigenvalue weighted by Gasteiger charge is 2.23. The van der Waals surface area contributed by atoms with Crippen LogP contribution in [0.25, 0.3) is 0 Å². The van der Waals surface area contributed by atoms with Crippen LogP contribution in [0.15, 0.2) is 0 Å². The maximum absolute atomic E-state index is 10.9. The van der Waals surface area contributed by atoms with Crippen molar-refractivity contribution in [2.75, 3.05) is 13.6 Å². The fourth-order valence-electron chi connectivity index (χ4n) is 2.21. The number of amides is 1. The van der Waals surface area contributed by atoms with Gasteiger partial charge < -0.3 is 10.2 Å². The molecule has 0 radical (unpaired) electrons. The number of carbonyl (C=O) groups is 1. The summed E-state index contributed by atoms with van der Waals surface area (Å²) in [7, 11) is 2.18. The summed E-state index contributed by atoms with van der Waals surface area (Å²) in [5.74, 6) is 0.109. The third-order valence-corrected chi connectivity index (χ3v) is 3.23. The minimum absolute atomic E-state index is 0. The molecule has 0 aliphatic heterocycles. The van der Waals surface area contributed by atoms with Crippen LogP contribution >= 0.6 is 0 Å². The highest BCUT2D eigenvalue weighted by atomic mass is 16.1. The van der Waals surface area contributed by atoms with Gasteiger partial charge in [0.25, 0.3) is 0 Å². The van der Waals surface area contributed by atoms with Crippen molar-refractivity contribution in [1.82, 2.24) is 10.2 Å². The first-order valence-corrected chi connectivity index (χ1v) is 5.60. The third kappa shape index (κ3) is 3.29. The second-order valence-electron chi connectivity index (χ2n) is 4.28. The minimum atomic E-state index is 0. The number of carbonyl (C=O) groups excluding carboxylic acids is 1. The molecule has 1 rings (SSSR count). The lowest BCUT2D eigenvalue weighted by molar-refractivity contribution is -0.119. The van der Waals surface area contributed by atoms with E-state index in [4.69, 9.17) is 0 Å². The van der Waals surface area contributed by atoms with Gasteiger partial charge in [0.2, 0.25) is 5.91 Å². The van der Waals surface area contributed by atoms with Crippen molar-refractivity contribution in [3.63, 3.8) is 0 Å². The van der Waals surface area contributed by atoms with E-state index in [0.717, 1.165) is 25.4 Å². The Hall–Kier alpha value is -0.570. The van der Waals surface area contributed by atoms with Crippen molar-refractivity contribution in [1.29, 1.82) is 0 Å². The molecular formula is C11H24N2O. The largest absolute Gasteiger partial charge is 0.354 e. The number of rotatable bonds is 3. The normalized spacial score (nSPS) is 27.7. The molecule has 0 heterocycles. The lowest BCUT2D eigenvalue weighted by atomic mass is 9.90. The van der Waals surface area contributed by atoms with E-state index in [1.807, 2.05) is 0 Å². The molecule has 0 aromatic carbocycles. The molecule has 14 heavy (non-hydrogen) atoms. The Bertz CT molecular complexity index is 191. The zero-order chi connectivity index (χ0) is 10.6. The van der Waals surface area contributed by atoms with Crippen molar-refractivity contribution < 1.29 is 6.22 Å². The maximum Gasteiger partial charge on any atom is 0.217 e. The standard InChI is InChI=1S/C11H22N2O.H2/c1-4-13(3)11-7-5-10(6-8-11)12-9(2)14;/h10-11H,4-8H2,1-3H3,(H,12,14);1H. The molecule has 0 aromatic heterocycles. The second-order valence-corrected chi connectivity index (χ2v) is 4.28. The topological polar surface area (TPSA) is 32.3 Å². The molecule has 0 unspecified atom stereocenters. The van der Waals surface area contributed by atoms with Gasteiger partial charge in [0, 0.05) is 20.4 Å². The van der Waals surface area contributed by atoms with Gasteiger partial charge in [0.05, 0.1) is 0 Å². The highest BCUT2D eigenvalue weighted by Crippen LogP contribution is 2.22. The molecule has 84 valence electrons. The fourth-order valence-corrected chi connectivity index (χ4v) is 2.21. The first-order valence-electron chi connectivity index (χ1n) is 5.60. The molecule has 0 bridgehead atoms. The average molecular weight is 200 g/mol. The van der Waals surface area contributed by atoms with E-state index in [0.29, 0.717) is 6.04 Å². The van der Waals surface area contributed by atoms with Crippen LogP contribution in [0.4, 0.5) is 0 Å². The van der Waals surface area contributed by atoms with E-state index < -0.39 is 0 Å². The number of nitrogens with zero attached hydrogens (tertiary/aromatic N) is 1. The Morgan fingerprint density at radius 1 is 1.43 bits per heavy atom. The molecule has 1 aliphatic rings. The first kappa shape index (κ1) is 11.5. The fraction of sp³-hybridized carbons (Fsp3) is 0.909. The van der Waals surface area contributed by atoms with Crippen LogP contribution < -0.4 is 5.32 Å². The predicted molar refractivity (Wildman–Crippen MR) is 60.3 cm³/mol. The summed E-state index contributed by atoms with van der Waals surface area (Å²) < 4.78 is 0. The van der Waals surface area contributed by atoms with Crippen molar-refractivity contribution in [3.8, 4) is 0 Å². The van der Waals surface area contributed by atoms with E-state index in [9.17, 15) is 4.79 Å². The summed E-state index contributed by atoms with van der Waals surface area (Å²) >= 11 is 0. The zero-order valence-electron chi connectivity index (χ0n) is 9.55. The van der Waals surface area contributed by atoms with Crippen LogP contribution in [0.3, 0.4) is 0 Å². The summed E-state index contributed by atoms with van der Waals surface area (Å²) in [5, 5.41) is 3.00. The third-order valence-electron chi connectivity index (χ3n) is 3.23. The summed E-state index contributed by atoms with van der Waals surface area (Å²) in [6, 6.07) is 1.15. The van der Waals surface area contributed by atoms with Gasteiger partial charge in [0.1, 0.15) is 0 Å². The maximum atomic E-state index is 10.9. The Kier molecular flexibility index (Phi) is 4.39. The Balaban J connectivity index is 0.00000196. The number of nitrogens with one attached hydrogen (secondary N) is 1. The van der Waals surface area contributed by atoms with Crippen molar-refractivity contribution in [2.24, 2.45) is 0 Å². The Morgan fingerprint density at radius 2 is 2.00 bits per heavy atom. The molecule has 1 N–H and O–H groups in total. The molecule has 0 aromatic rings. The van der Waals surface area contributed by atoms with Crippen molar-refractivity contribution >= 4 is 5.91 Å². The van der Waals surface area contributed by atoms with Crippen molar-refractivity contribution in [3.05, 3.63) is 0 Å². The lowest BCUT2D eigenvalue weighted by Gasteiger charge is -2.34. The first-order chi connectivity index (χ1) is 6.63. The zero-order valence-corrected chi connectivity index (χ0v) is 9.55. The summed E-state index contributed by atoms with van der Waals surface area (Å²) in [5.41, 5.74) is 0.